The van der Waals surface area contributed by atoms with Crippen LogP contribution in [0.3, 0.4) is 0 Å². The Labute approximate surface area is 225 Å². The van der Waals surface area contributed by atoms with E-state index in [1.165, 1.54) is 6.07 Å². The minimum Gasteiger partial charge on any atom is -0.478 e. The molecule has 3 rings (SSSR count). The van der Waals surface area contributed by atoms with E-state index < -0.39 is 35.2 Å². The van der Waals surface area contributed by atoms with Crippen LogP contribution in [-0.4, -0.2) is 41.0 Å². The molecule has 0 heterocycles. The minimum atomic E-state index is -4.75. The van der Waals surface area contributed by atoms with Crippen molar-refractivity contribution in [1.82, 2.24) is 5.32 Å². The molecule has 0 fully saturated rings. The summed E-state index contributed by atoms with van der Waals surface area (Å²) in [5, 5.41) is 23.0. The van der Waals surface area contributed by atoms with Crippen LogP contribution in [0.4, 0.5) is 17.6 Å². The first kappa shape index (κ1) is 30.3. The third-order valence-electron chi connectivity index (χ3n) is 6.51. The van der Waals surface area contributed by atoms with Crippen molar-refractivity contribution >= 4 is 5.97 Å². The van der Waals surface area contributed by atoms with Crippen LogP contribution in [-0.2, 0) is 17.3 Å². The van der Waals surface area contributed by atoms with Crippen molar-refractivity contribution in [2.24, 2.45) is 0 Å². The molecule has 3 aromatic carbocycles. The second kappa shape index (κ2) is 12.3. The molecule has 0 aliphatic rings. The molecule has 2 atom stereocenters. The monoisotopic (exact) mass is 547 g/mol. The predicted molar refractivity (Wildman–Crippen MR) is 141 cm³/mol. The Kier molecular flexibility index (Phi) is 9.53. The molecule has 0 spiro atoms. The third kappa shape index (κ3) is 8.11. The van der Waals surface area contributed by atoms with Crippen LogP contribution in [0.15, 0.2) is 60.7 Å². The van der Waals surface area contributed by atoms with Crippen LogP contribution in [0.1, 0.15) is 59.5 Å². The molecule has 1 unspecified atom stereocenters. The average Bonchev–Trinajstić information content (AvgIpc) is 2.84. The fraction of sp³-hybridized carbons (Fsp3) is 0.367. The number of aryl methyl sites for hydroxylation is 1. The number of aromatic carboxylic acids is 1. The summed E-state index contributed by atoms with van der Waals surface area (Å²) in [6.07, 6.45) is -5.75. The van der Waals surface area contributed by atoms with Gasteiger partial charge in [0.25, 0.3) is 0 Å². The lowest BCUT2D eigenvalue weighted by atomic mass is 9.93. The molecule has 5 nitrogen and oxygen atoms in total. The first-order valence-corrected chi connectivity index (χ1v) is 12.5. The van der Waals surface area contributed by atoms with E-state index in [1.54, 1.807) is 19.1 Å². The lowest BCUT2D eigenvalue weighted by molar-refractivity contribution is -0.140. The first-order chi connectivity index (χ1) is 18.2. The van der Waals surface area contributed by atoms with Gasteiger partial charge >= 0.3 is 12.1 Å². The SMILES string of the molecule is Cc1cc(-c2ccccc2C(C)OC[C@H](O)CNC(C)(C)Cc2ccc(C(F)(F)F)c(F)c2)ccc1C(=O)O. The van der Waals surface area contributed by atoms with E-state index in [4.69, 9.17) is 4.74 Å². The van der Waals surface area contributed by atoms with Gasteiger partial charge in [-0.05, 0) is 80.1 Å². The first-order valence-electron chi connectivity index (χ1n) is 12.5. The average molecular weight is 548 g/mol. The van der Waals surface area contributed by atoms with Gasteiger partial charge in [0.1, 0.15) is 5.82 Å². The number of β-amino-alcohol motifs (C(OH)–C–C–N with tert-alkyl or cyclic N) is 1. The Balaban J connectivity index is 1.58. The van der Waals surface area contributed by atoms with Crippen molar-refractivity contribution in [2.45, 2.75) is 58.0 Å². The number of ether oxygens (including phenoxy) is 1. The number of aliphatic hydroxyl groups excluding tert-OH is 1. The number of nitrogens with one attached hydrogen (secondary N) is 1. The van der Waals surface area contributed by atoms with Gasteiger partial charge in [0.2, 0.25) is 0 Å². The van der Waals surface area contributed by atoms with E-state index in [-0.39, 0.29) is 31.2 Å². The number of aliphatic hydroxyl groups is 1. The highest BCUT2D eigenvalue weighted by Crippen LogP contribution is 2.33. The highest BCUT2D eigenvalue weighted by Gasteiger charge is 2.34. The summed E-state index contributed by atoms with van der Waals surface area (Å²) >= 11 is 0. The van der Waals surface area contributed by atoms with Gasteiger partial charge in [0, 0.05) is 12.1 Å². The number of hydrogen-bond donors (Lipinski definition) is 3. The van der Waals surface area contributed by atoms with E-state index in [9.17, 15) is 32.6 Å². The van der Waals surface area contributed by atoms with E-state index in [0.29, 0.717) is 11.1 Å². The van der Waals surface area contributed by atoms with Crippen molar-refractivity contribution in [3.05, 3.63) is 94.3 Å². The number of benzene rings is 3. The number of alkyl halides is 3. The molecule has 0 saturated heterocycles. The predicted octanol–water partition coefficient (Wildman–Crippen LogP) is 6.57. The van der Waals surface area contributed by atoms with Gasteiger partial charge < -0.3 is 20.3 Å². The van der Waals surface area contributed by atoms with Crippen LogP contribution in [0.5, 0.6) is 0 Å². The molecule has 0 amide bonds. The van der Waals surface area contributed by atoms with Crippen molar-refractivity contribution in [2.75, 3.05) is 13.2 Å². The van der Waals surface area contributed by atoms with Gasteiger partial charge in [-0.2, -0.15) is 13.2 Å². The number of carbonyl (C=O) groups is 1. The summed E-state index contributed by atoms with van der Waals surface area (Å²) in [6.45, 7) is 7.40. The van der Waals surface area contributed by atoms with Crippen LogP contribution in [0, 0.1) is 12.7 Å². The third-order valence-corrected chi connectivity index (χ3v) is 6.51. The molecule has 0 saturated carbocycles. The summed E-state index contributed by atoms with van der Waals surface area (Å²) in [4.78, 5) is 11.4. The normalized spacial score (nSPS) is 13.8. The second-order valence-corrected chi connectivity index (χ2v) is 10.3. The molecule has 9 heteroatoms. The topological polar surface area (TPSA) is 78.8 Å². The molecule has 0 radical (unpaired) electrons. The number of rotatable bonds is 11. The Hall–Kier alpha value is -3.27. The molecular weight excluding hydrogens is 514 g/mol. The van der Waals surface area contributed by atoms with Crippen LogP contribution < -0.4 is 5.32 Å². The fourth-order valence-electron chi connectivity index (χ4n) is 4.46. The quantitative estimate of drug-likeness (QED) is 0.237. The van der Waals surface area contributed by atoms with Gasteiger partial charge in [-0.25, -0.2) is 9.18 Å². The van der Waals surface area contributed by atoms with Gasteiger partial charge in [-0.3, -0.25) is 0 Å². The van der Waals surface area contributed by atoms with Crippen molar-refractivity contribution in [1.29, 1.82) is 0 Å². The van der Waals surface area contributed by atoms with Crippen molar-refractivity contribution in [3.8, 4) is 11.1 Å². The van der Waals surface area contributed by atoms with Crippen molar-refractivity contribution in [3.63, 3.8) is 0 Å². The molecule has 210 valence electrons. The van der Waals surface area contributed by atoms with E-state index in [0.717, 1.165) is 28.8 Å². The number of carboxylic acids is 1. The Morgan fingerprint density at radius 1 is 1.05 bits per heavy atom. The Morgan fingerprint density at radius 3 is 2.36 bits per heavy atom. The number of hydrogen-bond acceptors (Lipinski definition) is 4. The second-order valence-electron chi connectivity index (χ2n) is 10.3. The molecule has 3 aromatic rings. The van der Waals surface area contributed by atoms with E-state index in [1.807, 2.05) is 51.1 Å². The summed E-state index contributed by atoms with van der Waals surface area (Å²) in [6, 6.07) is 15.6. The molecule has 0 aromatic heterocycles. The van der Waals surface area contributed by atoms with Gasteiger partial charge in [0.05, 0.1) is 29.9 Å². The number of carboxylic acid groups (broad SMARTS) is 1. The van der Waals surface area contributed by atoms with Crippen LogP contribution in [0.2, 0.25) is 0 Å². The zero-order valence-corrected chi connectivity index (χ0v) is 22.3. The molecule has 0 aliphatic carbocycles. The summed E-state index contributed by atoms with van der Waals surface area (Å²) in [5.41, 5.74) is 1.98. The lowest BCUT2D eigenvalue weighted by Crippen LogP contribution is -2.46. The van der Waals surface area contributed by atoms with E-state index in [2.05, 4.69) is 5.32 Å². The smallest absolute Gasteiger partial charge is 0.419 e. The Bertz CT molecular complexity index is 1310. The zero-order valence-electron chi connectivity index (χ0n) is 22.3. The molecule has 0 aliphatic heterocycles. The molecule has 39 heavy (non-hydrogen) atoms. The standard InChI is InChI=1S/C30H33F4NO4/c1-18-13-21(10-11-23(18)28(37)38)25-8-6-5-7-24(25)19(2)39-17-22(36)16-35-29(3,4)15-20-9-12-26(27(31)14-20)30(32,33)34/h5-14,19,22,35-36H,15-17H2,1-4H3,(H,37,38)/t19?,22-/m1/s1. The molecule has 3 N–H and O–H groups in total. The van der Waals surface area contributed by atoms with Crippen LogP contribution in [0.25, 0.3) is 11.1 Å². The zero-order chi connectivity index (χ0) is 29.0. The van der Waals surface area contributed by atoms with E-state index >= 15 is 0 Å². The number of halogens is 4. The maximum atomic E-state index is 13.9. The fourth-order valence-corrected chi connectivity index (χ4v) is 4.46. The largest absolute Gasteiger partial charge is 0.478 e. The van der Waals surface area contributed by atoms with Gasteiger partial charge in [-0.15, -0.1) is 0 Å². The highest BCUT2D eigenvalue weighted by atomic mass is 19.4. The van der Waals surface area contributed by atoms with Crippen molar-refractivity contribution < 1.29 is 37.3 Å². The Morgan fingerprint density at radius 2 is 1.74 bits per heavy atom. The lowest BCUT2D eigenvalue weighted by Gasteiger charge is -2.28. The van der Waals surface area contributed by atoms with Gasteiger partial charge in [0.15, 0.2) is 0 Å². The maximum Gasteiger partial charge on any atom is 0.419 e. The minimum absolute atomic E-state index is 0.0183. The summed E-state index contributed by atoms with van der Waals surface area (Å²) in [5.74, 6) is -2.30. The van der Waals surface area contributed by atoms with Gasteiger partial charge in [-0.1, -0.05) is 42.5 Å². The van der Waals surface area contributed by atoms with Crippen LogP contribution >= 0.6 is 0 Å². The summed E-state index contributed by atoms with van der Waals surface area (Å²) in [7, 11) is 0. The molecule has 0 bridgehead atoms. The highest BCUT2D eigenvalue weighted by molar-refractivity contribution is 5.90. The molecular formula is C30H33F4NO4. The summed E-state index contributed by atoms with van der Waals surface area (Å²) < 4.78 is 58.3. The maximum absolute atomic E-state index is 13.9.